The summed E-state index contributed by atoms with van der Waals surface area (Å²) in [7, 11) is 1.42. The summed E-state index contributed by atoms with van der Waals surface area (Å²) < 4.78 is 45.1. The number of hydrogen-bond donors (Lipinski definition) is 3. The molecular formula is C32H34ClF3N4O5. The smallest absolute Gasteiger partial charge is 0.452 e. The molecule has 0 unspecified atom stereocenters. The number of methoxy groups -OCH3 is 1. The van der Waals surface area contributed by atoms with Gasteiger partial charge in [0.2, 0.25) is 17.7 Å². The van der Waals surface area contributed by atoms with Crippen LogP contribution in [0.3, 0.4) is 0 Å². The van der Waals surface area contributed by atoms with Gasteiger partial charge in [-0.1, -0.05) is 55.8 Å². The Bertz CT molecular complexity index is 1470. The van der Waals surface area contributed by atoms with Gasteiger partial charge in [0.1, 0.15) is 17.8 Å². The molecule has 0 aliphatic rings. The van der Waals surface area contributed by atoms with Crippen LogP contribution < -0.4 is 20.7 Å². The maximum atomic E-state index is 13.7. The number of pyridine rings is 1. The molecule has 0 spiro atoms. The molecule has 1 aromatic heterocycles. The van der Waals surface area contributed by atoms with Crippen LogP contribution >= 0.6 is 11.6 Å². The lowest BCUT2D eigenvalue weighted by atomic mass is 9.97. The summed E-state index contributed by atoms with van der Waals surface area (Å²) in [5, 5.41) is 7.83. The molecule has 240 valence electrons. The zero-order valence-corrected chi connectivity index (χ0v) is 25.6. The number of aromatic nitrogens is 1. The van der Waals surface area contributed by atoms with E-state index in [0.29, 0.717) is 22.8 Å². The fourth-order valence-electron chi connectivity index (χ4n) is 4.47. The van der Waals surface area contributed by atoms with E-state index in [1.54, 1.807) is 42.7 Å². The first kappa shape index (κ1) is 35.0. The molecule has 0 aliphatic carbocycles. The minimum Gasteiger partial charge on any atom is -0.497 e. The van der Waals surface area contributed by atoms with Crippen molar-refractivity contribution in [3.8, 4) is 5.75 Å². The number of ether oxygens (including phenoxy) is 1. The predicted molar refractivity (Wildman–Crippen MR) is 161 cm³/mol. The number of nitrogens with one attached hydrogen (secondary N) is 3. The van der Waals surface area contributed by atoms with Gasteiger partial charge in [-0.25, -0.2) is 0 Å². The number of carbonyl (C=O) groups is 4. The van der Waals surface area contributed by atoms with Crippen LogP contribution in [0.5, 0.6) is 5.75 Å². The second-order valence-electron chi connectivity index (χ2n) is 10.6. The maximum Gasteiger partial charge on any atom is 0.452 e. The molecule has 2 aromatic carbocycles. The van der Waals surface area contributed by atoms with Crippen molar-refractivity contribution in [3.05, 3.63) is 94.8 Å². The molecule has 3 aromatic rings. The SMILES string of the molecule is COc1ccc([C@H](NC(=O)[C@H](Cc2cccc(Cl)c2)NC(=O)CCc2cccnc2)C(=O)N[C@H](C(=O)C(F)(F)F)C(C)C)cc1. The predicted octanol–water partition coefficient (Wildman–Crippen LogP) is 4.53. The first-order chi connectivity index (χ1) is 21.3. The van der Waals surface area contributed by atoms with Crippen LogP contribution in [0.15, 0.2) is 73.1 Å². The third-order valence-electron chi connectivity index (χ3n) is 6.87. The molecule has 0 fully saturated rings. The second kappa shape index (κ2) is 16.0. The Morgan fingerprint density at radius 2 is 1.60 bits per heavy atom. The number of rotatable bonds is 14. The van der Waals surface area contributed by atoms with Crippen LogP contribution in [0.2, 0.25) is 5.02 Å². The van der Waals surface area contributed by atoms with Gasteiger partial charge in [0.05, 0.1) is 13.2 Å². The number of ketones is 1. The van der Waals surface area contributed by atoms with E-state index in [9.17, 15) is 32.3 Å². The molecular weight excluding hydrogens is 613 g/mol. The maximum absolute atomic E-state index is 13.7. The summed E-state index contributed by atoms with van der Waals surface area (Å²) >= 11 is 6.13. The zero-order valence-electron chi connectivity index (χ0n) is 24.9. The van der Waals surface area contributed by atoms with E-state index in [0.717, 1.165) is 5.56 Å². The van der Waals surface area contributed by atoms with Gasteiger partial charge in [0.25, 0.3) is 5.78 Å². The van der Waals surface area contributed by atoms with Crippen LogP contribution in [-0.4, -0.2) is 53.9 Å². The number of aryl methyl sites for hydroxylation is 1. The lowest BCUT2D eigenvalue weighted by molar-refractivity contribution is -0.175. The molecule has 45 heavy (non-hydrogen) atoms. The van der Waals surface area contributed by atoms with Crippen LogP contribution in [0, 0.1) is 5.92 Å². The molecule has 3 atom stereocenters. The van der Waals surface area contributed by atoms with Gasteiger partial charge in [0, 0.05) is 30.3 Å². The van der Waals surface area contributed by atoms with E-state index in [4.69, 9.17) is 16.3 Å². The van der Waals surface area contributed by atoms with Crippen LogP contribution in [0.1, 0.15) is 43.0 Å². The van der Waals surface area contributed by atoms with E-state index in [1.807, 2.05) is 6.07 Å². The molecule has 0 bridgehead atoms. The Morgan fingerprint density at radius 1 is 0.911 bits per heavy atom. The largest absolute Gasteiger partial charge is 0.497 e. The van der Waals surface area contributed by atoms with Gasteiger partial charge in [-0.2, -0.15) is 13.2 Å². The molecule has 13 heteroatoms. The van der Waals surface area contributed by atoms with Gasteiger partial charge in [-0.3, -0.25) is 24.2 Å². The number of nitrogens with zero attached hydrogens (tertiary/aromatic N) is 1. The number of benzene rings is 2. The lowest BCUT2D eigenvalue weighted by Gasteiger charge is -2.27. The zero-order chi connectivity index (χ0) is 33.1. The van der Waals surface area contributed by atoms with Crippen molar-refractivity contribution in [2.75, 3.05) is 7.11 Å². The summed E-state index contributed by atoms with van der Waals surface area (Å²) in [5.41, 5.74) is 1.62. The second-order valence-corrected chi connectivity index (χ2v) is 11.1. The summed E-state index contributed by atoms with van der Waals surface area (Å²) in [4.78, 5) is 56.4. The highest BCUT2D eigenvalue weighted by atomic mass is 35.5. The van der Waals surface area contributed by atoms with Gasteiger partial charge < -0.3 is 20.7 Å². The average molecular weight is 647 g/mol. The Labute approximate surface area is 263 Å². The molecule has 0 aliphatic heterocycles. The number of Topliss-reactive ketones (excluding diaryl/α,β-unsaturated/α-hetero) is 1. The molecule has 1 heterocycles. The minimum absolute atomic E-state index is 0.0108. The van der Waals surface area contributed by atoms with E-state index in [1.165, 1.54) is 45.2 Å². The summed E-state index contributed by atoms with van der Waals surface area (Å²) in [5.74, 6) is -4.90. The van der Waals surface area contributed by atoms with Crippen LogP contribution in [-0.2, 0) is 32.0 Å². The van der Waals surface area contributed by atoms with Crippen LogP contribution in [0.25, 0.3) is 0 Å². The average Bonchev–Trinajstić information content (AvgIpc) is 3.00. The normalized spacial score (nSPS) is 13.3. The molecule has 9 nitrogen and oxygen atoms in total. The fraction of sp³-hybridized carbons (Fsp3) is 0.344. The van der Waals surface area contributed by atoms with Crippen LogP contribution in [0.4, 0.5) is 13.2 Å². The summed E-state index contributed by atoms with van der Waals surface area (Å²) in [6.07, 6.45) is -1.59. The number of alkyl halides is 3. The van der Waals surface area contributed by atoms with Crippen molar-refractivity contribution >= 4 is 35.1 Å². The number of hydrogen-bond acceptors (Lipinski definition) is 6. The Hall–Kier alpha value is -4.45. The van der Waals surface area contributed by atoms with Gasteiger partial charge in [-0.15, -0.1) is 0 Å². The highest BCUT2D eigenvalue weighted by molar-refractivity contribution is 6.30. The lowest BCUT2D eigenvalue weighted by Crippen LogP contribution is -2.55. The standard InChI is InChI=1S/C32H34ClF3N4O5/c1-19(2)27(29(42)32(34,35)36)39-31(44)28(22-10-12-24(45-3)13-11-22)40-30(43)25(17-21-6-4-8-23(33)16-21)38-26(41)14-9-20-7-5-15-37-18-20/h4-8,10-13,15-16,18-19,25,27-28H,9,14,17H2,1-3H3,(H,38,41)(H,39,44)(H,40,43)/t25-,27-,28-/m0/s1. The van der Waals surface area contributed by atoms with E-state index in [2.05, 4.69) is 20.9 Å². The number of amides is 3. The molecule has 3 rings (SSSR count). The monoisotopic (exact) mass is 646 g/mol. The third kappa shape index (κ3) is 10.6. The molecule has 0 saturated heterocycles. The molecule has 0 radical (unpaired) electrons. The van der Waals surface area contributed by atoms with Crippen molar-refractivity contribution in [1.29, 1.82) is 0 Å². The Morgan fingerprint density at radius 3 is 2.18 bits per heavy atom. The van der Waals surface area contributed by atoms with E-state index < -0.39 is 53.7 Å². The Balaban J connectivity index is 1.90. The van der Waals surface area contributed by atoms with Crippen molar-refractivity contribution in [3.63, 3.8) is 0 Å². The summed E-state index contributed by atoms with van der Waals surface area (Å²) in [6.45, 7) is 2.72. The van der Waals surface area contributed by atoms with E-state index >= 15 is 0 Å². The highest BCUT2D eigenvalue weighted by Crippen LogP contribution is 2.23. The van der Waals surface area contributed by atoms with Gasteiger partial charge >= 0.3 is 6.18 Å². The molecule has 0 saturated carbocycles. The number of carbonyl (C=O) groups excluding carboxylic acids is 4. The third-order valence-corrected chi connectivity index (χ3v) is 7.10. The van der Waals surface area contributed by atoms with Crippen molar-refractivity contribution < 1.29 is 37.1 Å². The number of halogens is 4. The summed E-state index contributed by atoms with van der Waals surface area (Å²) in [6, 6.07) is 11.5. The molecule has 3 amide bonds. The van der Waals surface area contributed by atoms with Gasteiger partial charge in [-0.05, 0) is 59.4 Å². The topological polar surface area (TPSA) is 126 Å². The minimum atomic E-state index is -5.19. The Kier molecular flexibility index (Phi) is 12.5. The van der Waals surface area contributed by atoms with Crippen molar-refractivity contribution in [2.45, 2.75) is 57.4 Å². The van der Waals surface area contributed by atoms with E-state index in [-0.39, 0.29) is 18.4 Å². The quantitative estimate of drug-likeness (QED) is 0.236. The van der Waals surface area contributed by atoms with Gasteiger partial charge in [0.15, 0.2) is 0 Å². The van der Waals surface area contributed by atoms with Crippen molar-refractivity contribution in [1.82, 2.24) is 20.9 Å². The fourth-order valence-corrected chi connectivity index (χ4v) is 4.68. The first-order valence-electron chi connectivity index (χ1n) is 14.1. The van der Waals surface area contributed by atoms with Crippen molar-refractivity contribution in [2.24, 2.45) is 5.92 Å². The highest BCUT2D eigenvalue weighted by Gasteiger charge is 2.45. The molecule has 3 N–H and O–H groups in total. The first-order valence-corrected chi connectivity index (χ1v) is 14.4.